The van der Waals surface area contributed by atoms with Crippen molar-refractivity contribution in [3.05, 3.63) is 23.8 Å². The van der Waals surface area contributed by atoms with Crippen molar-refractivity contribution in [2.75, 3.05) is 38.3 Å². The van der Waals surface area contributed by atoms with Gasteiger partial charge in [0, 0.05) is 51.0 Å². The fourth-order valence-corrected chi connectivity index (χ4v) is 2.40. The van der Waals surface area contributed by atoms with Gasteiger partial charge in [0.15, 0.2) is 0 Å². The molecule has 0 aliphatic carbocycles. The largest absolute Gasteiger partial charge is 0.399 e. The molecule has 1 fully saturated rings. The number of anilines is 2. The third kappa shape index (κ3) is 3.20. The summed E-state index contributed by atoms with van der Waals surface area (Å²) in [5.41, 5.74) is 11.8. The lowest BCUT2D eigenvalue weighted by Gasteiger charge is -2.35. The quantitative estimate of drug-likeness (QED) is 0.698. The highest BCUT2D eigenvalue weighted by Crippen LogP contribution is 2.23. The van der Waals surface area contributed by atoms with E-state index in [1.807, 2.05) is 0 Å². The summed E-state index contributed by atoms with van der Waals surface area (Å²) in [5.74, 6) is -0.220. The SMILES string of the molecule is CN(CC1(O)CCOCC1)C(=O)c1ccc(N)cc1N. The molecule has 0 saturated carbocycles. The predicted octanol–water partition coefficient (Wildman–Crippen LogP) is 0.464. The fraction of sp³-hybridized carbons (Fsp3) is 0.500. The van der Waals surface area contributed by atoms with E-state index in [9.17, 15) is 9.90 Å². The summed E-state index contributed by atoms with van der Waals surface area (Å²) in [5, 5.41) is 10.4. The molecule has 0 aromatic heterocycles. The lowest BCUT2D eigenvalue weighted by atomic mass is 9.93. The van der Waals surface area contributed by atoms with Crippen LogP contribution in [0.4, 0.5) is 11.4 Å². The molecule has 2 rings (SSSR count). The van der Waals surface area contributed by atoms with Gasteiger partial charge in [-0.05, 0) is 18.2 Å². The molecule has 1 amide bonds. The van der Waals surface area contributed by atoms with Crippen molar-refractivity contribution < 1.29 is 14.6 Å². The smallest absolute Gasteiger partial charge is 0.255 e. The minimum atomic E-state index is -0.884. The molecule has 6 nitrogen and oxygen atoms in total. The van der Waals surface area contributed by atoms with Crippen LogP contribution in [0, 0.1) is 0 Å². The molecule has 1 aliphatic heterocycles. The predicted molar refractivity (Wildman–Crippen MR) is 77.2 cm³/mol. The molecule has 1 saturated heterocycles. The van der Waals surface area contributed by atoms with Gasteiger partial charge >= 0.3 is 0 Å². The van der Waals surface area contributed by atoms with E-state index in [2.05, 4.69) is 0 Å². The summed E-state index contributed by atoms with van der Waals surface area (Å²) in [4.78, 5) is 13.8. The number of hydrogen-bond acceptors (Lipinski definition) is 5. The van der Waals surface area contributed by atoms with E-state index < -0.39 is 5.60 Å². The zero-order valence-electron chi connectivity index (χ0n) is 11.6. The van der Waals surface area contributed by atoms with Gasteiger partial charge < -0.3 is 26.2 Å². The van der Waals surface area contributed by atoms with Crippen LogP contribution in [0.2, 0.25) is 0 Å². The van der Waals surface area contributed by atoms with Crippen LogP contribution in [0.3, 0.4) is 0 Å². The van der Waals surface area contributed by atoms with E-state index in [1.165, 1.54) is 4.90 Å². The first-order chi connectivity index (χ1) is 9.41. The molecule has 0 radical (unpaired) electrons. The Balaban J connectivity index is 2.08. The Morgan fingerprint density at radius 3 is 2.65 bits per heavy atom. The summed E-state index contributed by atoms with van der Waals surface area (Å²) >= 11 is 0. The lowest BCUT2D eigenvalue weighted by Crippen LogP contribution is -2.47. The highest BCUT2D eigenvalue weighted by atomic mass is 16.5. The number of nitrogens with two attached hydrogens (primary N) is 2. The maximum absolute atomic E-state index is 12.4. The first-order valence-electron chi connectivity index (χ1n) is 6.62. The number of amides is 1. The van der Waals surface area contributed by atoms with E-state index in [1.54, 1.807) is 25.2 Å². The Morgan fingerprint density at radius 2 is 2.05 bits per heavy atom. The van der Waals surface area contributed by atoms with Gasteiger partial charge in [0.1, 0.15) is 0 Å². The van der Waals surface area contributed by atoms with E-state index >= 15 is 0 Å². The molecule has 0 bridgehead atoms. The standard InChI is InChI=1S/C14H21N3O3/c1-17(9-14(19)4-6-20-7-5-14)13(18)11-3-2-10(15)8-12(11)16/h2-3,8,19H,4-7,9,15-16H2,1H3. The van der Waals surface area contributed by atoms with E-state index in [-0.39, 0.29) is 12.5 Å². The third-order valence-electron chi connectivity index (χ3n) is 3.61. The number of aliphatic hydroxyl groups is 1. The molecule has 20 heavy (non-hydrogen) atoms. The second-order valence-electron chi connectivity index (χ2n) is 5.34. The minimum absolute atomic E-state index is 0.220. The average molecular weight is 279 g/mol. The molecular weight excluding hydrogens is 258 g/mol. The second kappa shape index (κ2) is 5.68. The van der Waals surface area contributed by atoms with Gasteiger partial charge in [-0.1, -0.05) is 0 Å². The van der Waals surface area contributed by atoms with Gasteiger partial charge in [-0.25, -0.2) is 0 Å². The van der Waals surface area contributed by atoms with Crippen LogP contribution in [-0.4, -0.2) is 48.3 Å². The van der Waals surface area contributed by atoms with Crippen molar-refractivity contribution in [2.45, 2.75) is 18.4 Å². The number of nitrogen functional groups attached to an aromatic ring is 2. The molecule has 110 valence electrons. The van der Waals surface area contributed by atoms with Crippen LogP contribution < -0.4 is 11.5 Å². The molecule has 0 unspecified atom stereocenters. The van der Waals surface area contributed by atoms with Gasteiger partial charge in [-0.15, -0.1) is 0 Å². The summed E-state index contributed by atoms with van der Waals surface area (Å²) in [6.07, 6.45) is 1.06. The molecule has 1 aromatic carbocycles. The number of nitrogens with zero attached hydrogens (tertiary/aromatic N) is 1. The highest BCUT2D eigenvalue weighted by molar-refractivity contribution is 5.99. The van der Waals surface area contributed by atoms with Crippen LogP contribution in [0.5, 0.6) is 0 Å². The molecule has 5 N–H and O–H groups in total. The Morgan fingerprint density at radius 1 is 1.40 bits per heavy atom. The normalized spacial score (nSPS) is 17.7. The third-order valence-corrected chi connectivity index (χ3v) is 3.61. The zero-order valence-corrected chi connectivity index (χ0v) is 11.6. The van der Waals surface area contributed by atoms with Gasteiger partial charge in [-0.3, -0.25) is 4.79 Å². The van der Waals surface area contributed by atoms with Gasteiger partial charge in [0.2, 0.25) is 0 Å². The van der Waals surface area contributed by atoms with E-state index in [0.29, 0.717) is 43.0 Å². The van der Waals surface area contributed by atoms with Crippen LogP contribution in [0.25, 0.3) is 0 Å². The molecule has 0 atom stereocenters. The fourth-order valence-electron chi connectivity index (χ4n) is 2.40. The van der Waals surface area contributed by atoms with Crippen LogP contribution >= 0.6 is 0 Å². The summed E-state index contributed by atoms with van der Waals surface area (Å²) in [7, 11) is 1.66. The first kappa shape index (κ1) is 14.6. The van der Waals surface area contributed by atoms with Crippen molar-refractivity contribution >= 4 is 17.3 Å². The number of likely N-dealkylation sites (N-methyl/N-ethyl adjacent to an activating group) is 1. The van der Waals surface area contributed by atoms with Gasteiger partial charge in [0.05, 0.1) is 11.2 Å². The number of carbonyl (C=O) groups excluding carboxylic acids is 1. The molecule has 1 heterocycles. The maximum atomic E-state index is 12.4. The Labute approximate surface area is 118 Å². The van der Waals surface area contributed by atoms with Gasteiger partial charge in [-0.2, -0.15) is 0 Å². The molecule has 0 spiro atoms. The van der Waals surface area contributed by atoms with Crippen molar-refractivity contribution in [1.82, 2.24) is 4.90 Å². The monoisotopic (exact) mass is 279 g/mol. The van der Waals surface area contributed by atoms with E-state index in [4.69, 9.17) is 16.2 Å². The number of benzene rings is 1. The van der Waals surface area contributed by atoms with Crippen LogP contribution in [0.15, 0.2) is 18.2 Å². The van der Waals surface area contributed by atoms with Crippen molar-refractivity contribution in [3.8, 4) is 0 Å². The summed E-state index contributed by atoms with van der Waals surface area (Å²) in [6.45, 7) is 1.30. The van der Waals surface area contributed by atoms with Crippen molar-refractivity contribution in [1.29, 1.82) is 0 Å². The average Bonchev–Trinajstić information content (AvgIpc) is 2.38. The Hall–Kier alpha value is -1.79. The Kier molecular flexibility index (Phi) is 4.15. The molecule has 1 aromatic rings. The van der Waals surface area contributed by atoms with Crippen molar-refractivity contribution in [2.24, 2.45) is 0 Å². The number of rotatable bonds is 3. The second-order valence-corrected chi connectivity index (χ2v) is 5.34. The Bertz CT molecular complexity index is 498. The molecule has 6 heteroatoms. The summed E-state index contributed by atoms with van der Waals surface area (Å²) < 4.78 is 5.23. The number of carbonyl (C=O) groups is 1. The van der Waals surface area contributed by atoms with Crippen molar-refractivity contribution in [3.63, 3.8) is 0 Å². The zero-order chi connectivity index (χ0) is 14.8. The highest BCUT2D eigenvalue weighted by Gasteiger charge is 2.32. The van der Waals surface area contributed by atoms with Crippen LogP contribution in [-0.2, 0) is 4.74 Å². The number of ether oxygens (including phenoxy) is 1. The van der Waals surface area contributed by atoms with E-state index in [0.717, 1.165) is 0 Å². The first-order valence-corrected chi connectivity index (χ1v) is 6.62. The molecule has 1 aliphatic rings. The van der Waals surface area contributed by atoms with Crippen LogP contribution in [0.1, 0.15) is 23.2 Å². The maximum Gasteiger partial charge on any atom is 0.255 e. The topological polar surface area (TPSA) is 102 Å². The van der Waals surface area contributed by atoms with Gasteiger partial charge in [0.25, 0.3) is 5.91 Å². The number of hydrogen-bond donors (Lipinski definition) is 3. The minimum Gasteiger partial charge on any atom is -0.399 e. The summed E-state index contributed by atoms with van der Waals surface area (Å²) in [6, 6.07) is 4.81. The molecular formula is C14H21N3O3. The lowest BCUT2D eigenvalue weighted by molar-refractivity contribution is -0.0734.